The van der Waals surface area contributed by atoms with Crippen LogP contribution in [0.2, 0.25) is 0 Å². The lowest BCUT2D eigenvalue weighted by Gasteiger charge is -2.22. The second-order valence-corrected chi connectivity index (χ2v) is 9.04. The van der Waals surface area contributed by atoms with Crippen molar-refractivity contribution >= 4 is 50.6 Å². The van der Waals surface area contributed by atoms with Crippen molar-refractivity contribution in [2.75, 3.05) is 7.11 Å². The Morgan fingerprint density at radius 2 is 2.04 bits per heavy atom. The minimum Gasteiger partial charge on any atom is -0.466 e. The van der Waals surface area contributed by atoms with Crippen LogP contribution in [0, 0.1) is 0 Å². The average molecular weight is 475 g/mol. The molecule has 4 rings (SSSR count). The van der Waals surface area contributed by atoms with Crippen LogP contribution in [0.4, 0.5) is 0 Å². The highest BCUT2D eigenvalue weighted by molar-refractivity contribution is 9.10. The molecule has 0 aliphatic carbocycles. The van der Waals surface area contributed by atoms with Crippen molar-refractivity contribution in [1.82, 2.24) is 4.57 Å². The molecule has 5 nitrogen and oxygen atoms in total. The Labute approximate surface area is 177 Å². The summed E-state index contributed by atoms with van der Waals surface area (Å²) in [5.41, 5.74) is 1.72. The Kier molecular flexibility index (Phi) is 5.18. The minimum absolute atomic E-state index is 0.168. The number of halogens is 1. The van der Waals surface area contributed by atoms with Gasteiger partial charge in [-0.2, -0.15) is 0 Å². The first-order chi connectivity index (χ1) is 13.5. The van der Waals surface area contributed by atoms with Gasteiger partial charge in [0.05, 0.1) is 22.9 Å². The zero-order valence-corrected chi connectivity index (χ0v) is 18.2. The van der Waals surface area contributed by atoms with E-state index in [0.717, 1.165) is 14.9 Å². The van der Waals surface area contributed by atoms with Gasteiger partial charge in [-0.3, -0.25) is 9.36 Å². The molecular formula is C20H15BrN2O3S2. The lowest BCUT2D eigenvalue weighted by Crippen LogP contribution is -2.39. The Hall–Kier alpha value is -2.29. The van der Waals surface area contributed by atoms with Crippen LogP contribution >= 0.6 is 38.6 Å². The molecule has 28 heavy (non-hydrogen) atoms. The third-order valence-corrected chi connectivity index (χ3v) is 6.84. The fraction of sp³-hybridized carbons (Fsp3) is 0.150. The number of nitrogens with zero attached hydrogens (tertiary/aromatic N) is 2. The number of carbonyl (C=O) groups is 1. The number of methoxy groups -OCH3 is 1. The molecular weight excluding hydrogens is 460 g/mol. The lowest BCUT2D eigenvalue weighted by molar-refractivity contribution is -0.136. The second-order valence-electron chi connectivity index (χ2n) is 6.14. The summed E-state index contributed by atoms with van der Waals surface area (Å²) in [5, 5.41) is 1.93. The largest absolute Gasteiger partial charge is 0.466 e. The molecule has 1 aliphatic rings. The topological polar surface area (TPSA) is 60.7 Å². The van der Waals surface area contributed by atoms with Gasteiger partial charge in [0, 0.05) is 9.35 Å². The van der Waals surface area contributed by atoms with Crippen molar-refractivity contribution in [3.05, 3.63) is 87.6 Å². The molecule has 1 aromatic carbocycles. The zero-order valence-electron chi connectivity index (χ0n) is 15.0. The van der Waals surface area contributed by atoms with Crippen molar-refractivity contribution in [3.63, 3.8) is 0 Å². The van der Waals surface area contributed by atoms with E-state index < -0.39 is 12.0 Å². The Bertz CT molecular complexity index is 1250. The van der Waals surface area contributed by atoms with E-state index in [1.54, 1.807) is 11.5 Å². The predicted molar refractivity (Wildman–Crippen MR) is 114 cm³/mol. The molecule has 0 N–H and O–H groups in total. The second kappa shape index (κ2) is 7.62. The van der Waals surface area contributed by atoms with Crippen molar-refractivity contribution in [2.45, 2.75) is 13.0 Å². The van der Waals surface area contributed by atoms with Crippen LogP contribution in [0.25, 0.3) is 6.08 Å². The maximum absolute atomic E-state index is 13.3. The Morgan fingerprint density at radius 1 is 1.29 bits per heavy atom. The van der Waals surface area contributed by atoms with E-state index in [9.17, 15) is 9.59 Å². The third kappa shape index (κ3) is 3.32. The lowest BCUT2D eigenvalue weighted by atomic mass is 10.0. The fourth-order valence-corrected chi connectivity index (χ4v) is 5.25. The van der Waals surface area contributed by atoms with Gasteiger partial charge in [0.15, 0.2) is 4.80 Å². The maximum atomic E-state index is 13.3. The first-order valence-electron chi connectivity index (χ1n) is 8.39. The van der Waals surface area contributed by atoms with Crippen LogP contribution in [0.1, 0.15) is 23.4 Å². The normalized spacial score (nSPS) is 16.7. The molecule has 1 unspecified atom stereocenters. The summed E-state index contributed by atoms with van der Waals surface area (Å²) in [7, 11) is 1.34. The molecule has 0 spiro atoms. The van der Waals surface area contributed by atoms with Crippen molar-refractivity contribution < 1.29 is 9.53 Å². The van der Waals surface area contributed by atoms with Crippen LogP contribution in [0.15, 0.2) is 67.3 Å². The van der Waals surface area contributed by atoms with E-state index in [4.69, 9.17) is 4.74 Å². The fourth-order valence-electron chi connectivity index (χ4n) is 3.12. The summed E-state index contributed by atoms with van der Waals surface area (Å²) >= 11 is 6.23. The number of benzene rings is 1. The molecule has 0 fully saturated rings. The molecule has 1 aliphatic heterocycles. The maximum Gasteiger partial charge on any atom is 0.338 e. The molecule has 0 bridgehead atoms. The van der Waals surface area contributed by atoms with Crippen LogP contribution < -0.4 is 14.9 Å². The van der Waals surface area contributed by atoms with Crippen LogP contribution in [-0.2, 0) is 9.53 Å². The third-order valence-electron chi connectivity index (χ3n) is 4.41. The van der Waals surface area contributed by atoms with Gasteiger partial charge >= 0.3 is 5.97 Å². The SMILES string of the molecule is COC(=O)C1=C(C)N=c2s/c(=C/c3ccc(Br)cc3)c(=O)n2C1c1cccs1. The van der Waals surface area contributed by atoms with Crippen molar-refractivity contribution in [3.8, 4) is 0 Å². The quantitative estimate of drug-likeness (QED) is 0.547. The summed E-state index contributed by atoms with van der Waals surface area (Å²) in [6.45, 7) is 1.78. The smallest absolute Gasteiger partial charge is 0.338 e. The number of thiazole rings is 1. The summed E-state index contributed by atoms with van der Waals surface area (Å²) in [6, 6.07) is 11.0. The van der Waals surface area contributed by atoms with Gasteiger partial charge in [-0.05, 0) is 42.1 Å². The highest BCUT2D eigenvalue weighted by atomic mass is 79.9. The highest BCUT2D eigenvalue weighted by Crippen LogP contribution is 2.32. The number of ether oxygens (including phenoxy) is 1. The summed E-state index contributed by atoms with van der Waals surface area (Å²) in [4.78, 5) is 31.7. The Balaban J connectivity index is 1.96. The zero-order chi connectivity index (χ0) is 19.8. The first kappa shape index (κ1) is 19.0. The number of aromatic nitrogens is 1. The van der Waals surface area contributed by atoms with Crippen LogP contribution in [0.5, 0.6) is 0 Å². The van der Waals surface area contributed by atoms with Gasteiger partial charge < -0.3 is 4.74 Å². The molecule has 0 amide bonds. The number of rotatable bonds is 3. The summed E-state index contributed by atoms with van der Waals surface area (Å²) < 4.78 is 8.12. The number of thiophene rings is 1. The molecule has 142 valence electrons. The van der Waals surface area contributed by atoms with Gasteiger partial charge in [-0.1, -0.05) is 45.5 Å². The number of hydrogen-bond acceptors (Lipinski definition) is 6. The van der Waals surface area contributed by atoms with E-state index >= 15 is 0 Å². The monoisotopic (exact) mass is 474 g/mol. The van der Waals surface area contributed by atoms with Gasteiger partial charge in [-0.25, -0.2) is 9.79 Å². The van der Waals surface area contributed by atoms with Crippen molar-refractivity contribution in [2.24, 2.45) is 4.99 Å². The van der Waals surface area contributed by atoms with Crippen molar-refractivity contribution in [1.29, 1.82) is 0 Å². The number of allylic oxidation sites excluding steroid dienone is 1. The number of hydrogen-bond donors (Lipinski definition) is 0. The van der Waals surface area contributed by atoms with Gasteiger partial charge in [0.2, 0.25) is 0 Å². The molecule has 0 radical (unpaired) electrons. The van der Waals surface area contributed by atoms with E-state index in [0.29, 0.717) is 20.6 Å². The number of esters is 1. The minimum atomic E-state index is -0.532. The first-order valence-corrected chi connectivity index (χ1v) is 10.9. The van der Waals surface area contributed by atoms with Crippen LogP contribution in [-0.4, -0.2) is 17.6 Å². The predicted octanol–water partition coefficient (Wildman–Crippen LogP) is 3.23. The molecule has 2 aromatic heterocycles. The Morgan fingerprint density at radius 3 is 2.68 bits per heavy atom. The number of carbonyl (C=O) groups excluding carboxylic acids is 1. The molecule has 8 heteroatoms. The van der Waals surface area contributed by atoms with Gasteiger partial charge in [0.25, 0.3) is 5.56 Å². The highest BCUT2D eigenvalue weighted by Gasteiger charge is 2.33. The van der Waals surface area contributed by atoms with E-state index in [1.807, 2.05) is 47.9 Å². The molecule has 3 aromatic rings. The summed E-state index contributed by atoms with van der Waals surface area (Å²) in [6.07, 6.45) is 1.85. The van der Waals surface area contributed by atoms with Gasteiger partial charge in [-0.15, -0.1) is 11.3 Å². The van der Waals surface area contributed by atoms with Gasteiger partial charge in [0.1, 0.15) is 6.04 Å². The molecule has 1 atom stereocenters. The molecule has 0 saturated heterocycles. The molecule has 0 saturated carbocycles. The average Bonchev–Trinajstić information content (AvgIpc) is 3.31. The van der Waals surface area contributed by atoms with Crippen LogP contribution in [0.3, 0.4) is 0 Å². The summed E-state index contributed by atoms with van der Waals surface area (Å²) in [5.74, 6) is -0.471. The van der Waals surface area contributed by atoms with E-state index in [1.165, 1.54) is 29.8 Å². The number of fused-ring (bicyclic) bond motifs is 1. The molecule has 3 heterocycles. The van der Waals surface area contributed by atoms with E-state index in [-0.39, 0.29) is 5.56 Å². The standard InChI is InChI=1S/C20H15BrN2O3S2/c1-11-16(19(25)26-2)17(14-4-3-9-27-14)23-18(24)15(28-20(23)22-11)10-12-5-7-13(21)8-6-12/h3-10,17H,1-2H3/b15-10+. The van der Waals surface area contributed by atoms with E-state index in [2.05, 4.69) is 20.9 Å².